The van der Waals surface area contributed by atoms with Gasteiger partial charge in [-0.25, -0.2) is 0 Å². The minimum Gasteiger partial charge on any atom is -0.135 e. The molecule has 0 N–H and O–H groups in total. The van der Waals surface area contributed by atoms with Crippen LogP contribution in [0, 0.1) is 6.92 Å². The molecule has 0 saturated carbocycles. The van der Waals surface area contributed by atoms with E-state index in [9.17, 15) is 0 Å². The first kappa shape index (κ1) is 29.3. The minimum atomic E-state index is -0.403. The Hall–Kier alpha value is -6.28. The largest absolute Gasteiger partial charge is 0.135 e. The molecular weight excluding hydrogens is 657 g/mol. The first-order valence-corrected chi connectivity index (χ1v) is 19.3. The molecule has 10 aromatic rings. The van der Waals surface area contributed by atoms with Crippen LogP contribution < -0.4 is 0 Å². The maximum absolute atomic E-state index is 2.43. The number of benzene rings is 9. The van der Waals surface area contributed by atoms with Crippen molar-refractivity contribution in [2.24, 2.45) is 0 Å². The molecule has 246 valence electrons. The third kappa shape index (κ3) is 3.70. The Morgan fingerprint density at radius 1 is 0.377 bits per heavy atom. The fourth-order valence-electron chi connectivity index (χ4n) is 10.2. The number of fused-ring (bicyclic) bond motifs is 15. The van der Waals surface area contributed by atoms with Gasteiger partial charge in [-0.05, 0) is 117 Å². The molecule has 1 atom stereocenters. The maximum Gasteiger partial charge on any atom is 0.0740 e. The van der Waals surface area contributed by atoms with Crippen molar-refractivity contribution in [2.45, 2.75) is 12.3 Å². The molecule has 0 saturated heterocycles. The average Bonchev–Trinajstić information content (AvgIpc) is 3.83. The molecule has 1 heterocycles. The van der Waals surface area contributed by atoms with Gasteiger partial charge in [0.25, 0.3) is 0 Å². The second kappa shape index (κ2) is 10.6. The number of thiophene rings is 1. The predicted molar refractivity (Wildman–Crippen MR) is 226 cm³/mol. The smallest absolute Gasteiger partial charge is 0.0740 e. The number of hydrogen-bond donors (Lipinski definition) is 0. The van der Waals surface area contributed by atoms with Crippen LogP contribution in [-0.4, -0.2) is 0 Å². The lowest BCUT2D eigenvalue weighted by Gasteiger charge is -2.30. The molecule has 1 spiro atoms. The van der Waals surface area contributed by atoms with E-state index in [0.29, 0.717) is 0 Å². The van der Waals surface area contributed by atoms with Gasteiger partial charge >= 0.3 is 0 Å². The average molecular weight is 689 g/mol. The molecule has 53 heavy (non-hydrogen) atoms. The quantitative estimate of drug-likeness (QED) is 0.159. The summed E-state index contributed by atoms with van der Waals surface area (Å²) in [7, 11) is 0. The molecule has 1 heteroatoms. The summed E-state index contributed by atoms with van der Waals surface area (Å²) < 4.78 is 1.35. The Labute approximate surface area is 312 Å². The molecule has 0 amide bonds. The topological polar surface area (TPSA) is 0 Å². The normalized spacial score (nSPS) is 15.3. The summed E-state index contributed by atoms with van der Waals surface area (Å²) in [5, 5.41) is 9.07. The van der Waals surface area contributed by atoms with Gasteiger partial charge in [0.05, 0.1) is 5.41 Å². The molecular formula is C52H32S. The van der Waals surface area contributed by atoms with E-state index >= 15 is 0 Å². The Balaban J connectivity index is 1.24. The standard InChI is InChI=1S/C52H32S/c1-31-29-32-15-2-3-16-33(32)42(30-31)48-36-19-6-4-17-34(36)47(35-18-5-7-20-37(35)48)41-24-14-27-45-49(41)38-21-8-11-25-43(38)52(45)44-26-12-9-22-39(44)51-50(52)40-23-10-13-28-46(40)53-51/h2-30H,1H3. The lowest BCUT2D eigenvalue weighted by atomic mass is 9.70. The lowest BCUT2D eigenvalue weighted by Crippen LogP contribution is -2.25. The van der Waals surface area contributed by atoms with Crippen molar-refractivity contribution in [3.8, 4) is 43.8 Å². The van der Waals surface area contributed by atoms with Gasteiger partial charge in [0.15, 0.2) is 0 Å². The van der Waals surface area contributed by atoms with Crippen LogP contribution in [0.4, 0.5) is 0 Å². The Morgan fingerprint density at radius 3 is 1.60 bits per heavy atom. The van der Waals surface area contributed by atoms with E-state index in [-0.39, 0.29) is 0 Å². The summed E-state index contributed by atoms with van der Waals surface area (Å²) in [5.74, 6) is 0. The molecule has 2 aliphatic rings. The maximum atomic E-state index is 2.43. The van der Waals surface area contributed by atoms with Crippen molar-refractivity contribution < 1.29 is 0 Å². The van der Waals surface area contributed by atoms with E-state index in [1.54, 1.807) is 0 Å². The van der Waals surface area contributed by atoms with Gasteiger partial charge in [-0.2, -0.15) is 0 Å². The van der Waals surface area contributed by atoms with Gasteiger partial charge in [0.2, 0.25) is 0 Å². The summed E-state index contributed by atoms with van der Waals surface area (Å²) in [6, 6.07) is 66.4. The highest BCUT2D eigenvalue weighted by molar-refractivity contribution is 7.22. The van der Waals surface area contributed by atoms with Crippen molar-refractivity contribution in [1.82, 2.24) is 0 Å². The summed E-state index contributed by atoms with van der Waals surface area (Å²) >= 11 is 1.94. The fourth-order valence-corrected chi connectivity index (χ4v) is 11.5. The third-order valence-corrected chi connectivity index (χ3v) is 13.3. The monoisotopic (exact) mass is 688 g/mol. The molecule has 0 bridgehead atoms. The van der Waals surface area contributed by atoms with Crippen LogP contribution >= 0.6 is 11.3 Å². The lowest BCUT2D eigenvalue weighted by molar-refractivity contribution is 0.803. The van der Waals surface area contributed by atoms with Crippen LogP contribution in [0.25, 0.3) is 86.2 Å². The summed E-state index contributed by atoms with van der Waals surface area (Å²) in [5.41, 5.74) is 15.7. The third-order valence-electron chi connectivity index (χ3n) is 12.1. The first-order chi connectivity index (χ1) is 26.2. The second-order valence-corrected chi connectivity index (χ2v) is 15.8. The van der Waals surface area contributed by atoms with Gasteiger partial charge in [0, 0.05) is 9.58 Å². The first-order valence-electron chi connectivity index (χ1n) is 18.5. The van der Waals surface area contributed by atoms with E-state index in [1.807, 2.05) is 11.3 Å². The van der Waals surface area contributed by atoms with Crippen LogP contribution in [0.1, 0.15) is 27.8 Å². The second-order valence-electron chi connectivity index (χ2n) is 14.7. The van der Waals surface area contributed by atoms with Crippen molar-refractivity contribution in [2.75, 3.05) is 0 Å². The fraction of sp³-hybridized carbons (Fsp3) is 0.0385. The van der Waals surface area contributed by atoms with E-state index in [2.05, 4.69) is 183 Å². The molecule has 0 fully saturated rings. The molecule has 1 unspecified atom stereocenters. The zero-order valence-electron chi connectivity index (χ0n) is 29.2. The van der Waals surface area contributed by atoms with Crippen LogP contribution in [-0.2, 0) is 5.41 Å². The molecule has 2 aliphatic carbocycles. The molecule has 12 rings (SSSR count). The van der Waals surface area contributed by atoms with Gasteiger partial charge in [-0.15, -0.1) is 11.3 Å². The van der Waals surface area contributed by atoms with Crippen molar-refractivity contribution in [3.05, 3.63) is 204 Å². The van der Waals surface area contributed by atoms with Crippen molar-refractivity contribution >= 4 is 53.7 Å². The number of hydrogen-bond acceptors (Lipinski definition) is 1. The molecule has 0 aliphatic heterocycles. The van der Waals surface area contributed by atoms with Crippen molar-refractivity contribution in [3.63, 3.8) is 0 Å². The Kier molecular flexibility index (Phi) is 5.88. The zero-order chi connectivity index (χ0) is 34.8. The van der Waals surface area contributed by atoms with E-state index in [4.69, 9.17) is 0 Å². The van der Waals surface area contributed by atoms with Gasteiger partial charge in [0.1, 0.15) is 0 Å². The van der Waals surface area contributed by atoms with E-state index in [1.165, 1.54) is 114 Å². The van der Waals surface area contributed by atoms with Gasteiger partial charge in [-0.3, -0.25) is 0 Å². The highest BCUT2D eigenvalue weighted by atomic mass is 32.1. The SMILES string of the molecule is Cc1cc(-c2c3ccccc3c(-c3cccc4c3-c3ccccc3C43c4ccccc4-c4sc5ccccc5c43)c3ccccc23)c2ccccc2c1. The summed E-state index contributed by atoms with van der Waals surface area (Å²) in [4.78, 5) is 1.40. The van der Waals surface area contributed by atoms with E-state index < -0.39 is 5.41 Å². The van der Waals surface area contributed by atoms with Crippen LogP contribution in [0.3, 0.4) is 0 Å². The van der Waals surface area contributed by atoms with Gasteiger partial charge < -0.3 is 0 Å². The molecule has 1 aromatic heterocycles. The number of aryl methyl sites for hydroxylation is 1. The van der Waals surface area contributed by atoms with Crippen LogP contribution in [0.15, 0.2) is 176 Å². The zero-order valence-corrected chi connectivity index (χ0v) is 30.0. The van der Waals surface area contributed by atoms with E-state index in [0.717, 1.165) is 0 Å². The van der Waals surface area contributed by atoms with Gasteiger partial charge in [-0.1, -0.05) is 170 Å². The minimum absolute atomic E-state index is 0.403. The highest BCUT2D eigenvalue weighted by Crippen LogP contribution is 2.67. The van der Waals surface area contributed by atoms with Crippen molar-refractivity contribution in [1.29, 1.82) is 0 Å². The molecule has 0 radical (unpaired) electrons. The predicted octanol–water partition coefficient (Wildman–Crippen LogP) is 14.3. The van der Waals surface area contributed by atoms with Crippen LogP contribution in [0.5, 0.6) is 0 Å². The Bertz CT molecular complexity index is 3140. The Morgan fingerprint density at radius 2 is 0.887 bits per heavy atom. The summed E-state index contributed by atoms with van der Waals surface area (Å²) in [6.07, 6.45) is 0. The summed E-state index contributed by atoms with van der Waals surface area (Å²) in [6.45, 7) is 2.22. The number of rotatable bonds is 2. The molecule has 0 nitrogen and oxygen atoms in total. The molecule has 9 aromatic carbocycles. The van der Waals surface area contributed by atoms with Crippen LogP contribution in [0.2, 0.25) is 0 Å². The highest BCUT2D eigenvalue weighted by Gasteiger charge is 2.53.